The minimum atomic E-state index is -3.92. The molecule has 26 heavy (non-hydrogen) atoms. The van der Waals surface area contributed by atoms with E-state index in [1.807, 2.05) is 0 Å². The van der Waals surface area contributed by atoms with Gasteiger partial charge < -0.3 is 10.7 Å². The number of H-pyrrole nitrogens is 1. The van der Waals surface area contributed by atoms with E-state index in [2.05, 4.69) is 9.83 Å². The number of pyridine rings is 1. The fraction of sp³-hybridized carbons (Fsp3) is 0.111. The van der Waals surface area contributed by atoms with Crippen molar-refractivity contribution in [2.45, 2.75) is 11.3 Å². The number of hydrogen-bond acceptors (Lipinski definition) is 4. The highest BCUT2D eigenvalue weighted by molar-refractivity contribution is 7.93. The first-order chi connectivity index (χ1) is 12.4. The van der Waals surface area contributed by atoms with Crippen molar-refractivity contribution in [3.05, 3.63) is 69.9 Å². The number of benzene rings is 2. The Labute approximate surface area is 149 Å². The Bertz CT molecular complexity index is 1260. The summed E-state index contributed by atoms with van der Waals surface area (Å²) in [7, 11) is -3.92. The van der Waals surface area contributed by atoms with Gasteiger partial charge in [0.25, 0.3) is 15.6 Å². The number of anilines is 2. The second kappa shape index (κ2) is 5.61. The molecule has 0 atom stereocenters. The molecule has 1 aromatic heterocycles. The van der Waals surface area contributed by atoms with Gasteiger partial charge in [0.15, 0.2) is 5.69 Å². The number of fused-ring (bicyclic) bond motifs is 2. The summed E-state index contributed by atoms with van der Waals surface area (Å²) >= 11 is 0. The van der Waals surface area contributed by atoms with E-state index in [4.69, 9.17) is 12.3 Å². The van der Waals surface area contributed by atoms with E-state index in [9.17, 15) is 13.2 Å². The number of nitrogen functional groups attached to an aromatic ring is 1. The zero-order valence-corrected chi connectivity index (χ0v) is 14.4. The summed E-state index contributed by atoms with van der Waals surface area (Å²) in [5.74, 6) is 0. The highest BCUT2D eigenvalue weighted by Gasteiger charge is 2.33. The van der Waals surface area contributed by atoms with Gasteiger partial charge in [0.2, 0.25) is 0 Å². The van der Waals surface area contributed by atoms with Gasteiger partial charge in [-0.25, -0.2) is 13.3 Å². The molecule has 0 fully saturated rings. The SMILES string of the molecule is [C-]#[N+]c1cc(N)c2c(c1)N(S(=O)(=O)c1cccc3c(=O)[nH]ccc13)CC2. The third kappa shape index (κ3) is 2.25. The van der Waals surface area contributed by atoms with Crippen LogP contribution in [-0.4, -0.2) is 19.9 Å². The van der Waals surface area contributed by atoms with Crippen molar-refractivity contribution >= 4 is 37.9 Å². The fourth-order valence-corrected chi connectivity index (χ4v) is 5.04. The van der Waals surface area contributed by atoms with Crippen LogP contribution in [0.4, 0.5) is 17.1 Å². The Kier molecular flexibility index (Phi) is 3.49. The normalized spacial score (nSPS) is 13.6. The monoisotopic (exact) mass is 366 g/mol. The van der Waals surface area contributed by atoms with Crippen molar-refractivity contribution < 1.29 is 8.42 Å². The lowest BCUT2D eigenvalue weighted by molar-refractivity contribution is 0.593. The van der Waals surface area contributed by atoms with E-state index in [0.717, 1.165) is 5.56 Å². The van der Waals surface area contributed by atoms with Crippen LogP contribution in [0.1, 0.15) is 5.56 Å². The molecule has 2 heterocycles. The number of hydrogen-bond donors (Lipinski definition) is 2. The van der Waals surface area contributed by atoms with Gasteiger partial charge in [-0.2, -0.15) is 0 Å². The molecule has 3 aromatic rings. The van der Waals surface area contributed by atoms with E-state index < -0.39 is 10.0 Å². The third-order valence-corrected chi connectivity index (χ3v) is 6.42. The van der Waals surface area contributed by atoms with Gasteiger partial charge in [-0.3, -0.25) is 9.10 Å². The average molecular weight is 366 g/mol. The Morgan fingerprint density at radius 2 is 2.00 bits per heavy atom. The molecule has 0 unspecified atom stereocenters. The summed E-state index contributed by atoms with van der Waals surface area (Å²) < 4.78 is 27.9. The maximum absolute atomic E-state index is 13.3. The van der Waals surface area contributed by atoms with E-state index in [-0.39, 0.29) is 22.7 Å². The highest BCUT2D eigenvalue weighted by atomic mass is 32.2. The van der Waals surface area contributed by atoms with Gasteiger partial charge in [0.05, 0.1) is 11.5 Å². The largest absolute Gasteiger partial charge is 0.399 e. The van der Waals surface area contributed by atoms with Crippen LogP contribution < -0.4 is 15.6 Å². The first kappa shape index (κ1) is 16.2. The molecule has 1 aliphatic rings. The fourth-order valence-electron chi connectivity index (χ4n) is 3.34. The molecular weight excluding hydrogens is 352 g/mol. The lowest BCUT2D eigenvalue weighted by atomic mass is 10.1. The molecule has 0 radical (unpaired) electrons. The standard InChI is InChI=1S/C18H14N4O3S/c1-20-11-9-15(19)14-6-8-22(16(14)10-11)26(24,25)17-4-2-3-13-12(17)5-7-21-18(13)23/h2-5,7,9-10H,6,8,19H2,(H,21,23). The smallest absolute Gasteiger partial charge is 0.264 e. The summed E-state index contributed by atoms with van der Waals surface area (Å²) in [6.45, 7) is 7.42. The van der Waals surface area contributed by atoms with E-state index >= 15 is 0 Å². The summed E-state index contributed by atoms with van der Waals surface area (Å²) in [6.07, 6.45) is 1.90. The molecule has 0 saturated carbocycles. The quantitative estimate of drug-likeness (QED) is 0.537. The van der Waals surface area contributed by atoms with Crippen molar-refractivity contribution in [2.24, 2.45) is 0 Å². The molecule has 0 aliphatic carbocycles. The Morgan fingerprint density at radius 1 is 1.19 bits per heavy atom. The zero-order chi connectivity index (χ0) is 18.5. The van der Waals surface area contributed by atoms with Gasteiger partial charge in [-0.15, -0.1) is 0 Å². The Morgan fingerprint density at radius 3 is 2.77 bits per heavy atom. The van der Waals surface area contributed by atoms with Crippen LogP contribution in [0.3, 0.4) is 0 Å². The molecule has 7 nitrogen and oxygen atoms in total. The summed E-state index contributed by atoms with van der Waals surface area (Å²) in [5.41, 5.74) is 7.50. The predicted molar refractivity (Wildman–Crippen MR) is 99.9 cm³/mol. The summed E-state index contributed by atoms with van der Waals surface area (Å²) in [4.78, 5) is 18.0. The van der Waals surface area contributed by atoms with Crippen LogP contribution in [0, 0.1) is 6.57 Å². The number of nitrogens with one attached hydrogen (secondary N) is 1. The molecular formula is C18H14N4O3S. The molecule has 130 valence electrons. The van der Waals surface area contributed by atoms with Crippen molar-refractivity contribution in [3.63, 3.8) is 0 Å². The zero-order valence-electron chi connectivity index (χ0n) is 13.6. The van der Waals surface area contributed by atoms with Gasteiger partial charge in [-0.1, -0.05) is 6.07 Å². The lowest BCUT2D eigenvalue weighted by Crippen LogP contribution is -2.29. The second-order valence-corrected chi connectivity index (χ2v) is 7.83. The van der Waals surface area contributed by atoms with Crippen molar-refractivity contribution in [3.8, 4) is 0 Å². The van der Waals surface area contributed by atoms with Gasteiger partial charge in [-0.05, 0) is 42.3 Å². The molecule has 0 spiro atoms. The minimum Gasteiger partial charge on any atom is -0.399 e. The Balaban J connectivity index is 1.95. The van der Waals surface area contributed by atoms with Crippen LogP contribution in [0.5, 0.6) is 0 Å². The highest BCUT2D eigenvalue weighted by Crippen LogP contribution is 2.40. The number of aromatic amines is 1. The molecule has 0 amide bonds. The summed E-state index contributed by atoms with van der Waals surface area (Å²) in [5, 5.41) is 0.668. The first-order valence-corrected chi connectivity index (χ1v) is 9.30. The van der Waals surface area contributed by atoms with E-state index in [0.29, 0.717) is 28.6 Å². The molecule has 0 bridgehead atoms. The van der Waals surface area contributed by atoms with Crippen molar-refractivity contribution in [1.29, 1.82) is 0 Å². The van der Waals surface area contributed by atoms with Crippen LogP contribution in [-0.2, 0) is 16.4 Å². The number of nitrogens with zero attached hydrogens (tertiary/aromatic N) is 2. The van der Waals surface area contributed by atoms with Gasteiger partial charge in [0.1, 0.15) is 0 Å². The molecule has 0 saturated heterocycles. The minimum absolute atomic E-state index is 0.0562. The number of nitrogens with two attached hydrogens (primary N) is 1. The lowest BCUT2D eigenvalue weighted by Gasteiger charge is -2.21. The van der Waals surface area contributed by atoms with Gasteiger partial charge in [0, 0.05) is 34.9 Å². The van der Waals surface area contributed by atoms with E-state index in [1.54, 1.807) is 30.3 Å². The molecule has 2 aromatic carbocycles. The number of aromatic nitrogens is 1. The third-order valence-electron chi connectivity index (χ3n) is 4.55. The maximum atomic E-state index is 13.3. The van der Waals surface area contributed by atoms with Gasteiger partial charge >= 0.3 is 0 Å². The predicted octanol–water partition coefficient (Wildman–Crippen LogP) is 2.41. The Hall–Kier alpha value is -3.31. The van der Waals surface area contributed by atoms with Crippen LogP contribution in [0.2, 0.25) is 0 Å². The number of rotatable bonds is 2. The van der Waals surface area contributed by atoms with Crippen LogP contribution in [0.25, 0.3) is 15.6 Å². The first-order valence-electron chi connectivity index (χ1n) is 7.86. The van der Waals surface area contributed by atoms with Crippen molar-refractivity contribution in [1.82, 2.24) is 4.98 Å². The topological polar surface area (TPSA) is 101 Å². The van der Waals surface area contributed by atoms with Crippen LogP contribution in [0.15, 0.2) is 52.3 Å². The number of sulfonamides is 1. The summed E-state index contributed by atoms with van der Waals surface area (Å²) in [6, 6.07) is 9.29. The van der Waals surface area contributed by atoms with Crippen molar-refractivity contribution in [2.75, 3.05) is 16.6 Å². The maximum Gasteiger partial charge on any atom is 0.264 e. The molecule has 4 rings (SSSR count). The van der Waals surface area contributed by atoms with Crippen LogP contribution >= 0.6 is 0 Å². The average Bonchev–Trinajstić information content (AvgIpc) is 3.07. The molecule has 1 aliphatic heterocycles. The molecule has 8 heteroatoms. The van der Waals surface area contributed by atoms with E-state index in [1.165, 1.54) is 16.6 Å². The molecule has 3 N–H and O–H groups in total. The second-order valence-electron chi connectivity index (χ2n) is 6.00.